The van der Waals surface area contributed by atoms with Gasteiger partial charge in [0.25, 0.3) is 0 Å². The molecule has 0 saturated heterocycles. The topological polar surface area (TPSA) is 59.9 Å². The number of benzene rings is 2. The van der Waals surface area contributed by atoms with Gasteiger partial charge in [0.2, 0.25) is 0 Å². The summed E-state index contributed by atoms with van der Waals surface area (Å²) in [5, 5.41) is 0. The SMILES string of the molecule is CC(=O)CC(C)=O.Fc1ccc(-c2ccccn2)c(F)c1.Fc1ccc(-c2ccccn2)c(F)c1.[Ir+3]. The van der Waals surface area contributed by atoms with Crippen molar-refractivity contribution in [1.29, 1.82) is 0 Å². The van der Waals surface area contributed by atoms with Crippen LogP contribution >= 0.6 is 0 Å². The van der Waals surface area contributed by atoms with Crippen LogP contribution in [0.1, 0.15) is 20.3 Å². The van der Waals surface area contributed by atoms with Gasteiger partial charge < -0.3 is 0 Å². The molecule has 0 radical (unpaired) electrons. The molecule has 186 valence electrons. The van der Waals surface area contributed by atoms with E-state index >= 15 is 0 Å². The molecule has 2 aromatic heterocycles. The maximum Gasteiger partial charge on any atom is 3.00 e. The Balaban J connectivity index is 0.000000283. The molecule has 0 aliphatic carbocycles. The Bertz CT molecular complexity index is 1170. The zero-order chi connectivity index (χ0) is 25.8. The van der Waals surface area contributed by atoms with E-state index in [1.807, 2.05) is 0 Å². The van der Waals surface area contributed by atoms with Crippen molar-refractivity contribution >= 4 is 11.6 Å². The third-order valence-electron chi connectivity index (χ3n) is 4.24. The molecule has 9 heteroatoms. The number of pyridine rings is 2. The summed E-state index contributed by atoms with van der Waals surface area (Å²) in [6.45, 7) is 2.81. The van der Waals surface area contributed by atoms with Gasteiger partial charge in [-0.1, -0.05) is 12.1 Å². The summed E-state index contributed by atoms with van der Waals surface area (Å²) < 4.78 is 51.7. The third kappa shape index (κ3) is 10.4. The van der Waals surface area contributed by atoms with Crippen molar-refractivity contribution in [2.45, 2.75) is 20.3 Å². The number of hydrogen-bond acceptors (Lipinski definition) is 4. The van der Waals surface area contributed by atoms with Crippen LogP contribution in [-0.4, -0.2) is 21.5 Å². The molecule has 4 aromatic rings. The van der Waals surface area contributed by atoms with Gasteiger partial charge in [0.05, 0.1) is 17.8 Å². The van der Waals surface area contributed by atoms with Gasteiger partial charge in [-0.2, -0.15) is 0 Å². The second kappa shape index (κ2) is 15.4. The Morgan fingerprint density at radius 2 is 1.03 bits per heavy atom. The summed E-state index contributed by atoms with van der Waals surface area (Å²) in [5.74, 6) is -2.48. The van der Waals surface area contributed by atoms with E-state index in [0.29, 0.717) is 22.5 Å². The van der Waals surface area contributed by atoms with E-state index in [4.69, 9.17) is 0 Å². The number of carbonyl (C=O) groups is 2. The molecule has 0 atom stereocenters. The van der Waals surface area contributed by atoms with Crippen LogP contribution in [0.5, 0.6) is 0 Å². The largest absolute Gasteiger partial charge is 3.00 e. The molecule has 0 spiro atoms. The Morgan fingerprint density at radius 1 is 0.639 bits per heavy atom. The van der Waals surface area contributed by atoms with E-state index in [2.05, 4.69) is 9.97 Å². The van der Waals surface area contributed by atoms with Gasteiger partial charge in [-0.15, -0.1) is 0 Å². The summed E-state index contributed by atoms with van der Waals surface area (Å²) in [6.07, 6.45) is 3.22. The van der Waals surface area contributed by atoms with Crippen molar-refractivity contribution < 1.29 is 47.3 Å². The van der Waals surface area contributed by atoms with Crippen LogP contribution in [-0.2, 0) is 29.7 Å². The molecule has 2 heterocycles. The molecular weight excluding hydrogens is 653 g/mol. The molecule has 0 unspecified atom stereocenters. The molecule has 0 saturated carbocycles. The summed E-state index contributed by atoms with van der Waals surface area (Å²) >= 11 is 0. The van der Waals surface area contributed by atoms with Crippen molar-refractivity contribution in [3.05, 3.63) is 108 Å². The first-order chi connectivity index (χ1) is 16.7. The Morgan fingerprint density at radius 3 is 1.28 bits per heavy atom. The molecule has 0 aliphatic rings. The minimum atomic E-state index is -0.594. The molecule has 2 aromatic carbocycles. The molecule has 4 rings (SSSR count). The van der Waals surface area contributed by atoms with Gasteiger partial charge in [0, 0.05) is 35.7 Å². The zero-order valence-corrected chi connectivity index (χ0v) is 21.7. The Labute approximate surface area is 219 Å². The van der Waals surface area contributed by atoms with E-state index in [1.54, 1.807) is 48.8 Å². The summed E-state index contributed by atoms with van der Waals surface area (Å²) in [5.41, 5.74) is 1.63. The van der Waals surface area contributed by atoms with Crippen LogP contribution in [0.15, 0.2) is 85.2 Å². The predicted molar refractivity (Wildman–Crippen MR) is 125 cm³/mol. The monoisotopic (exact) mass is 675 g/mol. The van der Waals surface area contributed by atoms with Crippen LogP contribution in [0, 0.1) is 23.3 Å². The van der Waals surface area contributed by atoms with Crippen LogP contribution < -0.4 is 0 Å². The summed E-state index contributed by atoms with van der Waals surface area (Å²) in [7, 11) is 0. The van der Waals surface area contributed by atoms with Crippen molar-refractivity contribution in [3.63, 3.8) is 0 Å². The fraction of sp³-hybridized carbons (Fsp3) is 0.111. The van der Waals surface area contributed by atoms with E-state index in [1.165, 1.54) is 38.1 Å². The zero-order valence-electron chi connectivity index (χ0n) is 19.3. The summed E-state index contributed by atoms with van der Waals surface area (Å²) in [6, 6.07) is 17.2. The molecule has 4 nitrogen and oxygen atoms in total. The fourth-order valence-corrected chi connectivity index (χ4v) is 2.79. The molecule has 0 amide bonds. The van der Waals surface area contributed by atoms with Crippen molar-refractivity contribution in [3.8, 4) is 22.5 Å². The molecule has 36 heavy (non-hydrogen) atoms. The number of nitrogens with zero attached hydrogens (tertiary/aromatic N) is 2. The molecule has 0 aliphatic heterocycles. The van der Waals surface area contributed by atoms with Gasteiger partial charge in [0.15, 0.2) is 0 Å². The van der Waals surface area contributed by atoms with Gasteiger partial charge >= 0.3 is 20.1 Å². The maximum atomic E-state index is 13.3. The van der Waals surface area contributed by atoms with Crippen LogP contribution in [0.4, 0.5) is 17.6 Å². The number of rotatable bonds is 4. The van der Waals surface area contributed by atoms with Crippen molar-refractivity contribution in [2.24, 2.45) is 0 Å². The molecule has 0 N–H and O–H groups in total. The second-order valence-electron chi connectivity index (χ2n) is 7.26. The van der Waals surface area contributed by atoms with Gasteiger partial charge in [-0.3, -0.25) is 19.6 Å². The third-order valence-corrected chi connectivity index (χ3v) is 4.24. The van der Waals surface area contributed by atoms with Crippen molar-refractivity contribution in [2.75, 3.05) is 0 Å². The Hall–Kier alpha value is -3.55. The van der Waals surface area contributed by atoms with E-state index in [0.717, 1.165) is 12.1 Å². The average Bonchev–Trinajstić information content (AvgIpc) is 2.80. The number of hydrogen-bond donors (Lipinski definition) is 0. The smallest absolute Gasteiger partial charge is 0.300 e. The fourth-order valence-electron chi connectivity index (χ4n) is 2.79. The number of aromatic nitrogens is 2. The van der Waals surface area contributed by atoms with E-state index < -0.39 is 23.3 Å². The van der Waals surface area contributed by atoms with Crippen LogP contribution in [0.25, 0.3) is 22.5 Å². The minimum Gasteiger partial charge on any atom is -0.300 e. The van der Waals surface area contributed by atoms with Crippen LogP contribution in [0.2, 0.25) is 0 Å². The Kier molecular flexibility index (Phi) is 13.1. The first kappa shape index (κ1) is 30.5. The first-order valence-electron chi connectivity index (χ1n) is 10.4. The number of ketones is 2. The molecular formula is C27H22F4IrN2O2+3. The minimum absolute atomic E-state index is 0. The van der Waals surface area contributed by atoms with Gasteiger partial charge in [0.1, 0.15) is 34.8 Å². The summed E-state index contributed by atoms with van der Waals surface area (Å²) in [4.78, 5) is 28.0. The maximum absolute atomic E-state index is 13.3. The predicted octanol–water partition coefficient (Wildman–Crippen LogP) is 6.61. The number of carbonyl (C=O) groups excluding carboxylic acids is 2. The van der Waals surface area contributed by atoms with E-state index in [-0.39, 0.29) is 38.1 Å². The number of Topliss-reactive ketones (excluding diaryl/α,β-unsaturated/α-hetero) is 2. The second-order valence-corrected chi connectivity index (χ2v) is 7.26. The molecule has 0 fully saturated rings. The standard InChI is InChI=1S/2C11H7F2N.C5H8O2.Ir/c2*12-8-4-5-9(10(13)7-8)11-3-1-2-6-14-11;1-4(6)3-5(2)7;/h2*1-7H;3H2,1-2H3;/q;;;+3. The van der Waals surface area contributed by atoms with E-state index in [9.17, 15) is 27.2 Å². The quantitative estimate of drug-likeness (QED) is 0.181. The van der Waals surface area contributed by atoms with Gasteiger partial charge in [-0.25, -0.2) is 17.6 Å². The molecule has 0 bridgehead atoms. The van der Waals surface area contributed by atoms with Crippen molar-refractivity contribution in [1.82, 2.24) is 9.97 Å². The van der Waals surface area contributed by atoms with Crippen LogP contribution in [0.3, 0.4) is 0 Å². The van der Waals surface area contributed by atoms with Gasteiger partial charge in [-0.05, 0) is 62.4 Å². The number of halogens is 4. The average molecular weight is 675 g/mol. The normalized spacial score (nSPS) is 9.50. The first-order valence-corrected chi connectivity index (χ1v) is 10.4.